The summed E-state index contributed by atoms with van der Waals surface area (Å²) in [5.41, 5.74) is 2.46. The van der Waals surface area contributed by atoms with E-state index in [1.54, 1.807) is 24.3 Å². The molecule has 0 aliphatic heterocycles. The molecule has 4 aromatic carbocycles. The van der Waals surface area contributed by atoms with E-state index in [9.17, 15) is 19.5 Å². The van der Waals surface area contributed by atoms with Crippen molar-refractivity contribution in [1.82, 2.24) is 13.7 Å². The number of hydrogen-bond acceptors (Lipinski definition) is 4. The number of Topliss-reactive ketones (excluding diaryl/α,β-unsaturated/α-hetero) is 1. The summed E-state index contributed by atoms with van der Waals surface area (Å²) < 4.78 is 6.79. The number of hydrogen-bond donors (Lipinski definition) is 1. The molecule has 0 aliphatic carbocycles. The van der Waals surface area contributed by atoms with Gasteiger partial charge in [0.15, 0.2) is 17.1 Å². The van der Waals surface area contributed by atoms with Crippen LogP contribution in [-0.2, 0) is 20.6 Å². The third-order valence-electron chi connectivity index (χ3n) is 8.08. The van der Waals surface area contributed by atoms with E-state index in [-0.39, 0.29) is 11.3 Å². The van der Waals surface area contributed by atoms with Gasteiger partial charge in [0.05, 0.1) is 11.5 Å². The van der Waals surface area contributed by atoms with Crippen LogP contribution in [0.1, 0.15) is 39.0 Å². The average Bonchev–Trinajstić information content (AvgIpc) is 3.41. The molecule has 1 N–H and O–H groups in total. The number of ketones is 1. The third kappa shape index (κ3) is 5.20. The third-order valence-corrected chi connectivity index (χ3v) is 8.61. The number of nitrogens with zero attached hydrogens (tertiary/aromatic N) is 4. The Morgan fingerprint density at radius 1 is 0.818 bits per heavy atom. The smallest absolute Gasteiger partial charge is 0.333 e. The minimum Gasteiger partial charge on any atom is -0.494 e. The largest absolute Gasteiger partial charge is 0.494 e. The average molecular weight is 651 g/mol. The normalized spacial score (nSPS) is 12.7. The topological polar surface area (TPSA) is 90.1 Å². The second-order valence-electron chi connectivity index (χ2n) is 10.8. The maximum atomic E-state index is 14.8. The Balaban J connectivity index is 1.69. The molecule has 0 aliphatic rings. The van der Waals surface area contributed by atoms with Gasteiger partial charge in [0, 0.05) is 24.1 Å². The van der Waals surface area contributed by atoms with E-state index in [4.69, 9.17) is 0 Å². The summed E-state index contributed by atoms with van der Waals surface area (Å²) in [7, 11) is 2.78. The fraction of sp³-hybridized carbons (Fsp3) is 0.143. The van der Waals surface area contributed by atoms with E-state index in [0.29, 0.717) is 17.7 Å². The Kier molecular flexibility index (Phi) is 7.88. The van der Waals surface area contributed by atoms with Crippen molar-refractivity contribution >= 4 is 32.7 Å². The van der Waals surface area contributed by atoms with Crippen LogP contribution in [0.3, 0.4) is 0 Å². The lowest BCUT2D eigenvalue weighted by Gasteiger charge is -2.26. The van der Waals surface area contributed by atoms with Crippen LogP contribution < -0.4 is 15.8 Å². The summed E-state index contributed by atoms with van der Waals surface area (Å²) >= 11 is 3.49. The summed E-state index contributed by atoms with van der Waals surface area (Å²) in [4.78, 5) is 41.5. The van der Waals surface area contributed by atoms with Gasteiger partial charge in [0.25, 0.3) is 5.56 Å². The van der Waals surface area contributed by atoms with E-state index in [1.807, 2.05) is 95.8 Å². The number of halogens is 1. The molecule has 2 atom stereocenters. The zero-order chi connectivity index (χ0) is 31.0. The maximum absolute atomic E-state index is 14.8. The molecule has 220 valence electrons. The molecule has 0 saturated carbocycles. The van der Waals surface area contributed by atoms with Gasteiger partial charge in [0.1, 0.15) is 6.54 Å². The zero-order valence-electron chi connectivity index (χ0n) is 24.2. The predicted molar refractivity (Wildman–Crippen MR) is 172 cm³/mol. The van der Waals surface area contributed by atoms with Crippen LogP contribution in [-0.4, -0.2) is 24.6 Å². The number of carbonyl (C=O) groups excluding carboxylic acids is 1. The Hall–Kier alpha value is -5.02. The monoisotopic (exact) mass is 649 g/mol. The summed E-state index contributed by atoms with van der Waals surface area (Å²) in [5.74, 6) is -1.70. The van der Waals surface area contributed by atoms with E-state index in [1.165, 1.54) is 14.1 Å². The molecule has 0 saturated heterocycles. The molecule has 0 radical (unpaired) electrons. The van der Waals surface area contributed by atoms with Gasteiger partial charge in [-0.15, -0.1) is 0 Å². The van der Waals surface area contributed by atoms with Crippen LogP contribution in [0.2, 0.25) is 0 Å². The molecule has 6 aromatic rings. The molecule has 8 nitrogen and oxygen atoms in total. The molecule has 2 aromatic heterocycles. The van der Waals surface area contributed by atoms with Gasteiger partial charge in [-0.3, -0.25) is 18.7 Å². The lowest BCUT2D eigenvalue weighted by molar-refractivity contribution is -0.663. The van der Waals surface area contributed by atoms with Crippen molar-refractivity contribution in [2.45, 2.75) is 18.5 Å². The van der Waals surface area contributed by atoms with Crippen molar-refractivity contribution in [3.8, 4) is 5.88 Å². The lowest BCUT2D eigenvalue weighted by atomic mass is 9.82. The van der Waals surface area contributed by atoms with Crippen LogP contribution in [0.4, 0.5) is 0 Å². The molecular weight excluding hydrogens is 620 g/mol. The molecule has 2 heterocycles. The summed E-state index contributed by atoms with van der Waals surface area (Å²) in [6.07, 6.45) is 1.90. The molecule has 44 heavy (non-hydrogen) atoms. The number of rotatable bonds is 8. The van der Waals surface area contributed by atoms with Gasteiger partial charge in [-0.05, 0) is 35.4 Å². The second kappa shape index (κ2) is 11.9. The first-order valence-corrected chi connectivity index (χ1v) is 14.9. The first-order chi connectivity index (χ1) is 21.3. The van der Waals surface area contributed by atoms with Crippen molar-refractivity contribution in [3.05, 3.63) is 163 Å². The van der Waals surface area contributed by atoms with E-state index in [0.717, 1.165) is 30.2 Å². The van der Waals surface area contributed by atoms with Gasteiger partial charge in [0.2, 0.25) is 18.0 Å². The number of aromatic hydroxyl groups is 1. The van der Waals surface area contributed by atoms with Crippen molar-refractivity contribution in [2.75, 3.05) is 0 Å². The number of carbonyl (C=O) groups is 1. The fourth-order valence-electron chi connectivity index (χ4n) is 5.85. The highest BCUT2D eigenvalue weighted by Gasteiger charge is 2.42. The molecule has 0 fully saturated rings. The Morgan fingerprint density at radius 2 is 1.43 bits per heavy atom. The maximum Gasteiger partial charge on any atom is 0.333 e. The van der Waals surface area contributed by atoms with Crippen LogP contribution >= 0.6 is 15.9 Å². The minimum atomic E-state index is -1.02. The van der Waals surface area contributed by atoms with Crippen molar-refractivity contribution in [1.29, 1.82) is 0 Å². The standard InChI is InChI=1S/C35H29BrN4O4/c1-37-33(42)30(34(43)38(2)35(37)44)29(24-17-19-26(36)20-18-24)31(32(41)25-13-7-4-8-14-25)40-22-39(21-23-11-5-3-6-12-23)27-15-9-10-16-28(27)40/h3-20,22,29,31H,21H2,1-2H3/p+1. The molecular formula is C35H30BrN4O4+. The SMILES string of the molecule is Cn1c(O)c(C(c2ccc(Br)cc2)C(C(=O)c2ccccc2)n2c[n+](Cc3ccccc3)c3ccccc32)c(=O)n(C)c1=O. The quantitative estimate of drug-likeness (QED) is 0.184. The first kappa shape index (κ1) is 29.1. The molecule has 2 unspecified atom stereocenters. The summed E-state index contributed by atoms with van der Waals surface area (Å²) in [6.45, 7) is 0.552. The van der Waals surface area contributed by atoms with Gasteiger partial charge < -0.3 is 5.11 Å². The molecule has 0 amide bonds. The lowest BCUT2D eigenvalue weighted by Crippen LogP contribution is -2.41. The highest BCUT2D eigenvalue weighted by atomic mass is 79.9. The predicted octanol–water partition coefficient (Wildman–Crippen LogP) is 5.10. The highest BCUT2D eigenvalue weighted by molar-refractivity contribution is 9.10. The first-order valence-electron chi connectivity index (χ1n) is 14.1. The fourth-order valence-corrected chi connectivity index (χ4v) is 6.11. The number of aromatic nitrogens is 4. The Bertz CT molecular complexity index is 2100. The zero-order valence-corrected chi connectivity index (χ0v) is 25.8. The van der Waals surface area contributed by atoms with Crippen molar-refractivity contribution in [3.63, 3.8) is 0 Å². The van der Waals surface area contributed by atoms with E-state index >= 15 is 0 Å². The number of fused-ring (bicyclic) bond motifs is 1. The molecule has 6 rings (SSSR count). The summed E-state index contributed by atoms with van der Waals surface area (Å²) in [6, 6.07) is 33.0. The van der Waals surface area contributed by atoms with Gasteiger partial charge in [-0.1, -0.05) is 101 Å². The van der Waals surface area contributed by atoms with Crippen LogP contribution in [0, 0.1) is 0 Å². The molecule has 9 heteroatoms. The van der Waals surface area contributed by atoms with Gasteiger partial charge in [-0.25, -0.2) is 13.9 Å². The second-order valence-corrected chi connectivity index (χ2v) is 11.7. The van der Waals surface area contributed by atoms with Crippen LogP contribution in [0.25, 0.3) is 11.0 Å². The number of imidazole rings is 1. The number of para-hydroxylation sites is 2. The number of benzene rings is 4. The summed E-state index contributed by atoms with van der Waals surface area (Å²) in [5, 5.41) is 11.4. The van der Waals surface area contributed by atoms with Gasteiger partial charge in [-0.2, -0.15) is 0 Å². The van der Waals surface area contributed by atoms with Crippen LogP contribution in [0.5, 0.6) is 5.88 Å². The molecule has 0 spiro atoms. The van der Waals surface area contributed by atoms with Crippen molar-refractivity contribution in [2.24, 2.45) is 14.1 Å². The van der Waals surface area contributed by atoms with Crippen LogP contribution in [0.15, 0.2) is 130 Å². The Labute approximate surface area is 261 Å². The van der Waals surface area contributed by atoms with Gasteiger partial charge >= 0.3 is 5.69 Å². The Morgan fingerprint density at radius 3 is 2.11 bits per heavy atom. The minimum absolute atomic E-state index is 0.0430. The van der Waals surface area contributed by atoms with E-state index < -0.39 is 29.1 Å². The highest BCUT2D eigenvalue weighted by Crippen LogP contribution is 2.40. The molecule has 0 bridgehead atoms. The van der Waals surface area contributed by atoms with Crippen molar-refractivity contribution < 1.29 is 14.5 Å². The van der Waals surface area contributed by atoms with E-state index in [2.05, 4.69) is 20.5 Å².